The lowest BCUT2D eigenvalue weighted by atomic mass is 9.79. The minimum Gasteiger partial charge on any atom is -0.454 e. The number of anilines is 3. The molecule has 0 aliphatic heterocycles. The van der Waals surface area contributed by atoms with Crippen molar-refractivity contribution in [1.82, 2.24) is 0 Å². The van der Waals surface area contributed by atoms with E-state index in [0.717, 1.165) is 39.7 Å². The molecule has 2 heteroatoms. The van der Waals surface area contributed by atoms with Crippen molar-refractivity contribution in [3.63, 3.8) is 0 Å². The van der Waals surface area contributed by atoms with Gasteiger partial charge < -0.3 is 9.32 Å². The number of rotatable bonds is 7. The number of para-hydroxylation sites is 2. The molecule has 0 spiro atoms. The Labute approximate surface area is 312 Å². The van der Waals surface area contributed by atoms with Crippen molar-refractivity contribution in [2.24, 2.45) is 0 Å². The van der Waals surface area contributed by atoms with E-state index in [0.29, 0.717) is 0 Å². The van der Waals surface area contributed by atoms with Crippen molar-refractivity contribution in [1.29, 1.82) is 0 Å². The van der Waals surface area contributed by atoms with Gasteiger partial charge in [0.15, 0.2) is 5.58 Å². The van der Waals surface area contributed by atoms with Crippen LogP contribution in [0.3, 0.4) is 0 Å². The third kappa shape index (κ3) is 4.64. The summed E-state index contributed by atoms with van der Waals surface area (Å²) in [5, 5.41) is 4.80. The highest BCUT2D eigenvalue weighted by atomic mass is 16.3. The largest absolute Gasteiger partial charge is 0.454 e. The Morgan fingerprint density at radius 2 is 1.17 bits per heavy atom. The Bertz CT molecular complexity index is 2740. The molecular weight excluding hydrogens is 643 g/mol. The standard InChI is InChI=1S/C51H45NO/c1-6-7-8-16-32-25-27-33(28-26-32)52(45-23-15-21-38-36-19-12-14-24-47(36)53-49(38)45)46-31-44-48(37-20-10-9-18-35(37)46)40-30-42-39(29-43(40)51(44,4)5)34-17-11-13-22-41(34)50(42,2)3/h9-15,17-31H,6-8,16H2,1-5H3. The lowest BCUT2D eigenvalue weighted by Crippen LogP contribution is -2.18. The van der Waals surface area contributed by atoms with E-state index < -0.39 is 0 Å². The summed E-state index contributed by atoms with van der Waals surface area (Å²) in [6, 6.07) is 49.9. The molecule has 8 aromatic rings. The average Bonchev–Trinajstić information content (AvgIpc) is 3.75. The number of hydrogen-bond donors (Lipinski definition) is 0. The maximum atomic E-state index is 6.74. The molecule has 0 saturated carbocycles. The molecule has 10 rings (SSSR count). The molecule has 0 amide bonds. The van der Waals surface area contributed by atoms with Gasteiger partial charge in [0.1, 0.15) is 5.58 Å². The zero-order chi connectivity index (χ0) is 36.1. The van der Waals surface area contributed by atoms with Crippen molar-refractivity contribution >= 4 is 49.8 Å². The fourth-order valence-corrected chi connectivity index (χ4v) is 9.65. The highest BCUT2D eigenvalue weighted by Gasteiger charge is 2.42. The van der Waals surface area contributed by atoms with E-state index in [2.05, 4.69) is 173 Å². The average molecular weight is 688 g/mol. The third-order valence-electron chi connectivity index (χ3n) is 12.5. The molecule has 2 aliphatic rings. The van der Waals surface area contributed by atoms with E-state index in [1.54, 1.807) is 0 Å². The molecule has 260 valence electrons. The molecule has 0 bridgehead atoms. The number of furan rings is 1. The first kappa shape index (κ1) is 32.1. The monoisotopic (exact) mass is 687 g/mol. The van der Waals surface area contributed by atoms with Gasteiger partial charge in [0.2, 0.25) is 0 Å². The lowest BCUT2D eigenvalue weighted by molar-refractivity contribution is 0.652. The number of aryl methyl sites for hydroxylation is 1. The van der Waals surface area contributed by atoms with Gasteiger partial charge in [0.05, 0.1) is 11.4 Å². The van der Waals surface area contributed by atoms with Crippen LogP contribution in [0, 0.1) is 0 Å². The predicted molar refractivity (Wildman–Crippen MR) is 224 cm³/mol. The van der Waals surface area contributed by atoms with Gasteiger partial charge in [0.25, 0.3) is 0 Å². The highest BCUT2D eigenvalue weighted by Crippen LogP contribution is 2.59. The van der Waals surface area contributed by atoms with Gasteiger partial charge in [-0.3, -0.25) is 0 Å². The van der Waals surface area contributed by atoms with E-state index >= 15 is 0 Å². The van der Waals surface area contributed by atoms with Gasteiger partial charge in [0, 0.05) is 32.7 Å². The normalized spacial score (nSPS) is 14.7. The van der Waals surface area contributed by atoms with Crippen molar-refractivity contribution in [3.05, 3.63) is 161 Å². The van der Waals surface area contributed by atoms with Gasteiger partial charge in [-0.2, -0.15) is 0 Å². The Morgan fingerprint density at radius 3 is 1.98 bits per heavy atom. The van der Waals surface area contributed by atoms with Crippen molar-refractivity contribution in [2.45, 2.75) is 71.1 Å². The molecule has 0 unspecified atom stereocenters. The molecule has 1 aromatic heterocycles. The van der Waals surface area contributed by atoms with Gasteiger partial charge in [-0.05, 0) is 111 Å². The predicted octanol–water partition coefficient (Wildman–Crippen LogP) is 14.6. The van der Waals surface area contributed by atoms with Crippen LogP contribution in [0.4, 0.5) is 17.1 Å². The van der Waals surface area contributed by atoms with Crippen molar-refractivity contribution in [3.8, 4) is 22.3 Å². The second-order valence-electron chi connectivity index (χ2n) is 16.3. The van der Waals surface area contributed by atoms with Gasteiger partial charge >= 0.3 is 0 Å². The molecule has 0 N–H and O–H groups in total. The molecule has 1 heterocycles. The molecule has 53 heavy (non-hydrogen) atoms. The zero-order valence-electron chi connectivity index (χ0n) is 31.4. The first-order valence-electron chi connectivity index (χ1n) is 19.4. The van der Waals surface area contributed by atoms with Crippen molar-refractivity contribution < 1.29 is 4.42 Å². The van der Waals surface area contributed by atoms with Crippen molar-refractivity contribution in [2.75, 3.05) is 4.90 Å². The number of unbranched alkanes of at least 4 members (excludes halogenated alkanes) is 2. The van der Waals surface area contributed by atoms with Crippen LogP contribution < -0.4 is 4.90 Å². The summed E-state index contributed by atoms with van der Waals surface area (Å²) in [6.07, 6.45) is 4.81. The number of fused-ring (bicyclic) bond motifs is 11. The second kappa shape index (κ2) is 11.7. The minimum absolute atomic E-state index is 0.0611. The van der Waals surface area contributed by atoms with E-state index in [-0.39, 0.29) is 10.8 Å². The van der Waals surface area contributed by atoms with Crippen LogP contribution in [-0.4, -0.2) is 0 Å². The summed E-state index contributed by atoms with van der Waals surface area (Å²) < 4.78 is 6.74. The molecule has 0 atom stereocenters. The van der Waals surface area contributed by atoms with Crippen LogP contribution in [0.2, 0.25) is 0 Å². The van der Waals surface area contributed by atoms with Gasteiger partial charge in [-0.1, -0.05) is 138 Å². The molecule has 0 fully saturated rings. The third-order valence-corrected chi connectivity index (χ3v) is 12.5. The van der Waals surface area contributed by atoms with Crippen LogP contribution in [-0.2, 0) is 17.3 Å². The zero-order valence-corrected chi connectivity index (χ0v) is 31.4. The Balaban J connectivity index is 1.23. The van der Waals surface area contributed by atoms with E-state index in [4.69, 9.17) is 4.42 Å². The van der Waals surface area contributed by atoms with Crippen LogP contribution >= 0.6 is 0 Å². The van der Waals surface area contributed by atoms with E-state index in [1.165, 1.54) is 85.8 Å². The summed E-state index contributed by atoms with van der Waals surface area (Å²) in [7, 11) is 0. The smallest absolute Gasteiger partial charge is 0.159 e. The summed E-state index contributed by atoms with van der Waals surface area (Å²) in [6.45, 7) is 11.9. The first-order valence-corrected chi connectivity index (χ1v) is 19.4. The quantitative estimate of drug-likeness (QED) is 0.155. The number of nitrogens with zero attached hydrogens (tertiary/aromatic N) is 1. The lowest BCUT2D eigenvalue weighted by Gasteiger charge is -2.30. The highest BCUT2D eigenvalue weighted by molar-refractivity contribution is 6.14. The van der Waals surface area contributed by atoms with Crippen LogP contribution in [0.15, 0.2) is 138 Å². The van der Waals surface area contributed by atoms with E-state index in [1.807, 2.05) is 0 Å². The maximum Gasteiger partial charge on any atom is 0.159 e. The molecule has 0 radical (unpaired) electrons. The van der Waals surface area contributed by atoms with Crippen LogP contribution in [0.25, 0.3) is 55.0 Å². The van der Waals surface area contributed by atoms with E-state index in [9.17, 15) is 0 Å². The summed E-state index contributed by atoms with van der Waals surface area (Å²) in [4.78, 5) is 2.46. The Morgan fingerprint density at radius 1 is 0.509 bits per heavy atom. The van der Waals surface area contributed by atoms with Crippen LogP contribution in [0.1, 0.15) is 81.7 Å². The molecule has 2 nitrogen and oxygen atoms in total. The second-order valence-corrected chi connectivity index (χ2v) is 16.3. The topological polar surface area (TPSA) is 16.4 Å². The van der Waals surface area contributed by atoms with Gasteiger partial charge in [-0.25, -0.2) is 0 Å². The molecule has 2 aliphatic carbocycles. The Kier molecular flexibility index (Phi) is 7.08. The molecule has 7 aromatic carbocycles. The summed E-state index contributed by atoms with van der Waals surface area (Å²) in [5.41, 5.74) is 17.4. The fourth-order valence-electron chi connectivity index (χ4n) is 9.65. The minimum atomic E-state index is -0.208. The maximum absolute atomic E-state index is 6.74. The van der Waals surface area contributed by atoms with Gasteiger partial charge in [-0.15, -0.1) is 0 Å². The summed E-state index contributed by atoms with van der Waals surface area (Å²) >= 11 is 0. The fraction of sp³-hybridized carbons (Fsp3) is 0.216. The van der Waals surface area contributed by atoms with Crippen LogP contribution in [0.5, 0.6) is 0 Å². The number of benzene rings is 7. The molecular formula is C51H45NO. The number of hydrogen-bond acceptors (Lipinski definition) is 2. The Hall–Kier alpha value is -5.60. The first-order chi connectivity index (χ1) is 25.8. The SMILES string of the molecule is CCCCCc1ccc(N(c2cc3c(c4ccccc24)-c2cc4c(cc2C3(C)C)-c2ccccc2C4(C)C)c2cccc3c2oc2ccccc23)cc1. The molecule has 0 saturated heterocycles. The summed E-state index contributed by atoms with van der Waals surface area (Å²) in [5.74, 6) is 0.